The van der Waals surface area contributed by atoms with Crippen LogP contribution < -0.4 is 9.64 Å². The summed E-state index contributed by atoms with van der Waals surface area (Å²) in [5.41, 5.74) is 0.653. The molecule has 1 saturated heterocycles. The lowest BCUT2D eigenvalue weighted by Gasteiger charge is -2.26. The Balaban J connectivity index is 1.84. The molecule has 0 N–H and O–H groups in total. The third-order valence-electron chi connectivity index (χ3n) is 4.92. The predicted molar refractivity (Wildman–Crippen MR) is 111 cm³/mol. The van der Waals surface area contributed by atoms with Gasteiger partial charge >= 0.3 is 0 Å². The minimum atomic E-state index is -3.87. The van der Waals surface area contributed by atoms with Crippen LogP contribution in [0.3, 0.4) is 0 Å². The van der Waals surface area contributed by atoms with E-state index < -0.39 is 9.84 Å². The van der Waals surface area contributed by atoms with E-state index in [4.69, 9.17) is 20.8 Å². The first-order valence-corrected chi connectivity index (χ1v) is 11.3. The third kappa shape index (κ3) is 3.97. The second-order valence-electron chi connectivity index (χ2n) is 6.87. The zero-order valence-electron chi connectivity index (χ0n) is 16.0. The molecule has 3 aromatic rings. The summed E-state index contributed by atoms with van der Waals surface area (Å²) >= 11 is 5.92. The summed E-state index contributed by atoms with van der Waals surface area (Å²) in [6, 6.07) is 13.3. The van der Waals surface area contributed by atoms with Crippen LogP contribution >= 0.6 is 11.6 Å². The zero-order valence-corrected chi connectivity index (χ0v) is 17.5. The van der Waals surface area contributed by atoms with E-state index >= 15 is 0 Å². The molecule has 2 aromatic carbocycles. The fraction of sp³-hybridized carbons (Fsp3) is 0.286. The van der Waals surface area contributed by atoms with E-state index in [-0.39, 0.29) is 21.7 Å². The number of oxazole rings is 1. The highest BCUT2D eigenvalue weighted by atomic mass is 35.5. The average Bonchev–Trinajstić information content (AvgIpc) is 3.21. The summed E-state index contributed by atoms with van der Waals surface area (Å²) in [6.45, 7) is 1.46. The van der Waals surface area contributed by atoms with Gasteiger partial charge < -0.3 is 14.1 Å². The van der Waals surface area contributed by atoms with Gasteiger partial charge in [-0.05, 0) is 61.7 Å². The number of hydrogen-bond donors (Lipinski definition) is 0. The van der Waals surface area contributed by atoms with Crippen LogP contribution in [0, 0.1) is 0 Å². The molecule has 0 bridgehead atoms. The molecule has 1 aliphatic rings. The molecule has 1 aliphatic heterocycles. The fourth-order valence-electron chi connectivity index (χ4n) is 3.37. The van der Waals surface area contributed by atoms with E-state index in [9.17, 15) is 8.42 Å². The number of rotatable bonds is 5. The number of benzene rings is 2. The Hall–Kier alpha value is -2.51. The second-order valence-corrected chi connectivity index (χ2v) is 9.17. The van der Waals surface area contributed by atoms with Crippen LogP contribution in [0.2, 0.25) is 5.02 Å². The van der Waals surface area contributed by atoms with E-state index in [0.717, 1.165) is 32.4 Å². The summed E-state index contributed by atoms with van der Waals surface area (Å²) in [5.74, 6) is 1.18. The molecule has 0 unspecified atom stereocenters. The Kier molecular flexibility index (Phi) is 5.52. The van der Waals surface area contributed by atoms with Gasteiger partial charge in [0.05, 0.1) is 12.0 Å². The Morgan fingerprint density at radius 2 is 1.79 bits per heavy atom. The van der Waals surface area contributed by atoms with Gasteiger partial charge in [-0.3, -0.25) is 0 Å². The molecule has 0 amide bonds. The quantitative estimate of drug-likeness (QED) is 0.575. The van der Waals surface area contributed by atoms with Gasteiger partial charge in [-0.15, -0.1) is 0 Å². The molecule has 152 valence electrons. The van der Waals surface area contributed by atoms with Crippen molar-refractivity contribution >= 4 is 27.3 Å². The Morgan fingerprint density at radius 1 is 1.07 bits per heavy atom. The first-order chi connectivity index (χ1) is 14.0. The third-order valence-corrected chi connectivity index (χ3v) is 6.84. The van der Waals surface area contributed by atoms with Crippen molar-refractivity contribution < 1.29 is 17.6 Å². The average molecular weight is 433 g/mol. The maximum atomic E-state index is 13.4. The number of ether oxygens (including phenoxy) is 1. The van der Waals surface area contributed by atoms with Crippen molar-refractivity contribution in [2.24, 2.45) is 0 Å². The standard InChI is InChI=1S/C21H21ClN2O4S/c1-27-17-7-5-6-15(14-17)19-23-20(21(28-19)24-12-3-2-4-13-24)29(25,26)18-10-8-16(22)9-11-18/h5-11,14H,2-4,12-13H2,1H3. The SMILES string of the molecule is COc1cccc(-c2nc(S(=O)(=O)c3ccc(Cl)cc3)c(N3CCCCC3)o2)c1. The molecule has 0 radical (unpaired) electrons. The number of halogens is 1. The fourth-order valence-corrected chi connectivity index (χ4v) is 4.82. The molecular formula is C21H21ClN2O4S. The van der Waals surface area contributed by atoms with Crippen molar-refractivity contribution in [2.45, 2.75) is 29.2 Å². The highest BCUT2D eigenvalue weighted by Crippen LogP contribution is 2.36. The van der Waals surface area contributed by atoms with Crippen LogP contribution in [0.4, 0.5) is 5.88 Å². The number of anilines is 1. The Bertz CT molecular complexity index is 1100. The van der Waals surface area contributed by atoms with Gasteiger partial charge in [-0.25, -0.2) is 8.42 Å². The lowest BCUT2D eigenvalue weighted by molar-refractivity contribution is 0.414. The van der Waals surface area contributed by atoms with E-state index in [1.54, 1.807) is 25.3 Å². The van der Waals surface area contributed by atoms with Gasteiger partial charge in [0.2, 0.25) is 26.6 Å². The molecule has 0 saturated carbocycles. The largest absolute Gasteiger partial charge is 0.497 e. The van der Waals surface area contributed by atoms with Crippen molar-refractivity contribution in [1.82, 2.24) is 4.98 Å². The number of aromatic nitrogens is 1. The Morgan fingerprint density at radius 3 is 2.48 bits per heavy atom. The summed E-state index contributed by atoms with van der Waals surface area (Å²) < 4.78 is 38.0. The van der Waals surface area contributed by atoms with Gasteiger partial charge in [0.1, 0.15) is 5.75 Å². The maximum Gasteiger partial charge on any atom is 0.236 e. The first-order valence-electron chi connectivity index (χ1n) is 9.40. The minimum Gasteiger partial charge on any atom is -0.497 e. The lowest BCUT2D eigenvalue weighted by Crippen LogP contribution is -2.30. The highest BCUT2D eigenvalue weighted by molar-refractivity contribution is 7.91. The molecule has 6 nitrogen and oxygen atoms in total. The molecule has 29 heavy (non-hydrogen) atoms. The molecule has 0 atom stereocenters. The van der Waals surface area contributed by atoms with Crippen LogP contribution in [0.25, 0.3) is 11.5 Å². The van der Waals surface area contributed by atoms with Crippen molar-refractivity contribution in [2.75, 3.05) is 25.1 Å². The van der Waals surface area contributed by atoms with E-state index in [1.807, 2.05) is 23.1 Å². The monoisotopic (exact) mass is 432 g/mol. The maximum absolute atomic E-state index is 13.4. The second kappa shape index (κ2) is 8.08. The normalized spacial score (nSPS) is 14.8. The van der Waals surface area contributed by atoms with Gasteiger partial charge in [-0.2, -0.15) is 4.98 Å². The lowest BCUT2D eigenvalue weighted by atomic mass is 10.1. The summed E-state index contributed by atoms with van der Waals surface area (Å²) in [6.07, 6.45) is 3.08. The van der Waals surface area contributed by atoms with Crippen LogP contribution in [0.15, 0.2) is 62.9 Å². The van der Waals surface area contributed by atoms with Crippen molar-refractivity contribution in [1.29, 1.82) is 0 Å². The van der Waals surface area contributed by atoms with Crippen LogP contribution in [-0.2, 0) is 9.84 Å². The van der Waals surface area contributed by atoms with Gasteiger partial charge in [-0.1, -0.05) is 17.7 Å². The van der Waals surface area contributed by atoms with Crippen LogP contribution in [-0.4, -0.2) is 33.6 Å². The molecule has 4 rings (SSSR count). The van der Waals surface area contributed by atoms with Crippen molar-refractivity contribution in [3.8, 4) is 17.2 Å². The molecule has 1 aromatic heterocycles. The van der Waals surface area contributed by atoms with Crippen molar-refractivity contribution in [3.05, 3.63) is 53.6 Å². The summed E-state index contributed by atoms with van der Waals surface area (Å²) in [5, 5.41) is 0.400. The minimum absolute atomic E-state index is 0.0699. The predicted octanol–water partition coefficient (Wildman–Crippen LogP) is 4.83. The van der Waals surface area contributed by atoms with E-state index in [1.165, 1.54) is 12.1 Å². The van der Waals surface area contributed by atoms with Gasteiger partial charge in [0.25, 0.3) is 0 Å². The molecule has 1 fully saturated rings. The molecule has 0 aliphatic carbocycles. The Labute approximate surface area is 175 Å². The van der Waals surface area contributed by atoms with Crippen LogP contribution in [0.1, 0.15) is 19.3 Å². The number of hydrogen-bond acceptors (Lipinski definition) is 6. The van der Waals surface area contributed by atoms with Crippen LogP contribution in [0.5, 0.6) is 5.75 Å². The zero-order chi connectivity index (χ0) is 20.4. The smallest absolute Gasteiger partial charge is 0.236 e. The molecular weight excluding hydrogens is 412 g/mol. The number of methoxy groups -OCH3 is 1. The number of nitrogens with zero attached hydrogens (tertiary/aromatic N) is 2. The summed E-state index contributed by atoms with van der Waals surface area (Å²) in [7, 11) is -2.30. The highest BCUT2D eigenvalue weighted by Gasteiger charge is 2.32. The van der Waals surface area contributed by atoms with E-state index in [2.05, 4.69) is 4.98 Å². The van der Waals surface area contributed by atoms with Gasteiger partial charge in [0, 0.05) is 23.7 Å². The van der Waals surface area contributed by atoms with Gasteiger partial charge in [0.15, 0.2) is 0 Å². The first kappa shape index (κ1) is 19.8. The number of sulfone groups is 1. The topological polar surface area (TPSA) is 72.6 Å². The van der Waals surface area contributed by atoms with Crippen molar-refractivity contribution in [3.63, 3.8) is 0 Å². The number of piperidine rings is 1. The molecule has 8 heteroatoms. The van der Waals surface area contributed by atoms with E-state index in [0.29, 0.717) is 16.3 Å². The summed E-state index contributed by atoms with van der Waals surface area (Å²) in [4.78, 5) is 6.51. The molecule has 0 spiro atoms. The molecule has 2 heterocycles.